The Kier molecular flexibility index (Phi) is 2.35. The highest BCUT2D eigenvalue weighted by Gasteiger charge is 2.26. The fraction of sp³-hybridized carbons (Fsp3) is 0.727. The molecule has 0 aromatic carbocycles. The topological polar surface area (TPSA) is 40.7 Å². The minimum absolute atomic E-state index is 0.199. The first-order valence-electron chi connectivity index (χ1n) is 5.33. The molecule has 78 valence electrons. The molecular weight excluding hydrogens is 174 g/mol. The zero-order valence-corrected chi connectivity index (χ0v) is 9.22. The second kappa shape index (κ2) is 3.39. The van der Waals surface area contributed by atoms with E-state index in [1.165, 1.54) is 17.7 Å². The Balaban J connectivity index is 2.29. The SMILES string of the molecule is CC(C)(C)c1cn[nH]c1C1CCNC1. The van der Waals surface area contributed by atoms with Crippen LogP contribution in [0.4, 0.5) is 0 Å². The molecule has 0 radical (unpaired) electrons. The molecule has 14 heavy (non-hydrogen) atoms. The molecule has 0 spiro atoms. The van der Waals surface area contributed by atoms with Gasteiger partial charge in [-0.05, 0) is 23.9 Å². The number of H-pyrrole nitrogens is 1. The van der Waals surface area contributed by atoms with Crippen molar-refractivity contribution in [3.63, 3.8) is 0 Å². The van der Waals surface area contributed by atoms with Crippen LogP contribution in [-0.2, 0) is 5.41 Å². The zero-order valence-electron chi connectivity index (χ0n) is 9.22. The maximum Gasteiger partial charge on any atom is 0.0527 e. The number of nitrogens with zero attached hydrogens (tertiary/aromatic N) is 1. The van der Waals surface area contributed by atoms with Crippen molar-refractivity contribution in [3.05, 3.63) is 17.5 Å². The molecule has 0 amide bonds. The van der Waals surface area contributed by atoms with Crippen LogP contribution < -0.4 is 5.32 Å². The van der Waals surface area contributed by atoms with Crippen molar-refractivity contribution in [1.29, 1.82) is 0 Å². The molecule has 1 atom stereocenters. The van der Waals surface area contributed by atoms with Gasteiger partial charge < -0.3 is 5.32 Å². The summed E-state index contributed by atoms with van der Waals surface area (Å²) in [5.74, 6) is 0.631. The lowest BCUT2D eigenvalue weighted by Gasteiger charge is -2.20. The normalized spacial score (nSPS) is 22.9. The van der Waals surface area contributed by atoms with E-state index in [0.29, 0.717) is 5.92 Å². The van der Waals surface area contributed by atoms with E-state index in [2.05, 4.69) is 36.3 Å². The molecule has 1 unspecified atom stereocenters. The van der Waals surface area contributed by atoms with Crippen LogP contribution in [-0.4, -0.2) is 23.3 Å². The highest BCUT2D eigenvalue weighted by Crippen LogP contribution is 2.31. The fourth-order valence-electron chi connectivity index (χ4n) is 2.11. The molecule has 1 aliphatic heterocycles. The van der Waals surface area contributed by atoms with Crippen molar-refractivity contribution in [1.82, 2.24) is 15.5 Å². The Morgan fingerprint density at radius 2 is 2.21 bits per heavy atom. The van der Waals surface area contributed by atoms with Crippen LogP contribution in [0.5, 0.6) is 0 Å². The van der Waals surface area contributed by atoms with Gasteiger partial charge in [0.25, 0.3) is 0 Å². The molecule has 2 N–H and O–H groups in total. The molecular formula is C11H19N3. The second-order valence-electron chi connectivity index (χ2n) is 5.14. The van der Waals surface area contributed by atoms with Gasteiger partial charge in [-0.25, -0.2) is 0 Å². The van der Waals surface area contributed by atoms with Crippen LogP contribution in [0.3, 0.4) is 0 Å². The highest BCUT2D eigenvalue weighted by atomic mass is 15.1. The third-order valence-corrected chi connectivity index (χ3v) is 2.95. The third kappa shape index (κ3) is 1.69. The predicted octanol–water partition coefficient (Wildman–Crippen LogP) is 1.78. The monoisotopic (exact) mass is 193 g/mol. The van der Waals surface area contributed by atoms with E-state index in [4.69, 9.17) is 0 Å². The fourth-order valence-corrected chi connectivity index (χ4v) is 2.11. The van der Waals surface area contributed by atoms with Gasteiger partial charge in [-0.15, -0.1) is 0 Å². The molecule has 3 nitrogen and oxygen atoms in total. The molecule has 0 saturated carbocycles. The van der Waals surface area contributed by atoms with Gasteiger partial charge in [0.2, 0.25) is 0 Å². The quantitative estimate of drug-likeness (QED) is 0.714. The van der Waals surface area contributed by atoms with Crippen molar-refractivity contribution in [2.24, 2.45) is 0 Å². The first-order valence-corrected chi connectivity index (χ1v) is 5.33. The summed E-state index contributed by atoms with van der Waals surface area (Å²) >= 11 is 0. The second-order valence-corrected chi connectivity index (χ2v) is 5.14. The van der Waals surface area contributed by atoms with Crippen LogP contribution >= 0.6 is 0 Å². The molecule has 1 saturated heterocycles. The summed E-state index contributed by atoms with van der Waals surface area (Å²) in [5, 5.41) is 10.7. The van der Waals surface area contributed by atoms with Crippen molar-refractivity contribution in [2.75, 3.05) is 13.1 Å². The number of hydrogen-bond acceptors (Lipinski definition) is 2. The first-order chi connectivity index (χ1) is 6.59. The zero-order chi connectivity index (χ0) is 10.2. The van der Waals surface area contributed by atoms with Gasteiger partial charge in [0.05, 0.1) is 6.20 Å². The number of aromatic amines is 1. The Morgan fingerprint density at radius 1 is 1.43 bits per heavy atom. The highest BCUT2D eigenvalue weighted by molar-refractivity contribution is 5.28. The van der Waals surface area contributed by atoms with Gasteiger partial charge in [0.15, 0.2) is 0 Å². The van der Waals surface area contributed by atoms with Crippen molar-refractivity contribution in [2.45, 2.75) is 38.5 Å². The van der Waals surface area contributed by atoms with Crippen LogP contribution in [0.2, 0.25) is 0 Å². The molecule has 3 heteroatoms. The minimum Gasteiger partial charge on any atom is -0.316 e. The van der Waals surface area contributed by atoms with Crippen LogP contribution in [0.1, 0.15) is 44.4 Å². The lowest BCUT2D eigenvalue weighted by molar-refractivity contribution is 0.571. The van der Waals surface area contributed by atoms with Gasteiger partial charge in [0.1, 0.15) is 0 Å². The van der Waals surface area contributed by atoms with Crippen LogP contribution in [0.15, 0.2) is 6.20 Å². The van der Waals surface area contributed by atoms with Gasteiger partial charge in [-0.1, -0.05) is 20.8 Å². The molecule has 2 rings (SSSR count). The van der Waals surface area contributed by atoms with E-state index in [1.54, 1.807) is 0 Å². The average Bonchev–Trinajstić information content (AvgIpc) is 2.73. The van der Waals surface area contributed by atoms with Crippen molar-refractivity contribution >= 4 is 0 Å². The number of rotatable bonds is 1. The number of aromatic nitrogens is 2. The molecule has 1 aliphatic rings. The van der Waals surface area contributed by atoms with Crippen molar-refractivity contribution < 1.29 is 0 Å². The summed E-state index contributed by atoms with van der Waals surface area (Å²) in [6, 6.07) is 0. The summed E-state index contributed by atoms with van der Waals surface area (Å²) in [6.45, 7) is 8.94. The maximum absolute atomic E-state index is 4.18. The maximum atomic E-state index is 4.18. The molecule has 2 heterocycles. The molecule has 1 aromatic rings. The van der Waals surface area contributed by atoms with Crippen LogP contribution in [0.25, 0.3) is 0 Å². The Hall–Kier alpha value is -0.830. The Bertz CT molecular complexity index is 303. The smallest absolute Gasteiger partial charge is 0.0527 e. The number of nitrogens with one attached hydrogen (secondary N) is 2. The van der Waals surface area contributed by atoms with Crippen molar-refractivity contribution in [3.8, 4) is 0 Å². The Morgan fingerprint density at radius 3 is 2.79 bits per heavy atom. The van der Waals surface area contributed by atoms with Gasteiger partial charge in [-0.2, -0.15) is 5.10 Å². The van der Waals surface area contributed by atoms with E-state index >= 15 is 0 Å². The van der Waals surface area contributed by atoms with E-state index < -0.39 is 0 Å². The van der Waals surface area contributed by atoms with Gasteiger partial charge >= 0.3 is 0 Å². The lowest BCUT2D eigenvalue weighted by Crippen LogP contribution is -2.16. The molecule has 1 aromatic heterocycles. The van der Waals surface area contributed by atoms with E-state index in [0.717, 1.165) is 13.1 Å². The van der Waals surface area contributed by atoms with Gasteiger partial charge in [-0.3, -0.25) is 5.10 Å². The third-order valence-electron chi connectivity index (χ3n) is 2.95. The summed E-state index contributed by atoms with van der Waals surface area (Å²) < 4.78 is 0. The van der Waals surface area contributed by atoms with E-state index in [9.17, 15) is 0 Å². The standard InChI is InChI=1S/C11H19N3/c1-11(2,3)9-7-13-14-10(9)8-4-5-12-6-8/h7-8,12H,4-6H2,1-3H3,(H,13,14). The van der Waals surface area contributed by atoms with E-state index in [1.807, 2.05) is 6.20 Å². The summed E-state index contributed by atoms with van der Waals surface area (Å²) in [7, 11) is 0. The minimum atomic E-state index is 0.199. The predicted molar refractivity (Wildman–Crippen MR) is 57.5 cm³/mol. The average molecular weight is 193 g/mol. The molecule has 0 aliphatic carbocycles. The lowest BCUT2D eigenvalue weighted by atomic mass is 9.84. The molecule has 1 fully saturated rings. The molecule has 0 bridgehead atoms. The number of hydrogen-bond donors (Lipinski definition) is 2. The van der Waals surface area contributed by atoms with Crippen LogP contribution in [0, 0.1) is 0 Å². The first kappa shape index (κ1) is 9.71. The largest absolute Gasteiger partial charge is 0.316 e. The summed E-state index contributed by atoms with van der Waals surface area (Å²) in [4.78, 5) is 0. The van der Waals surface area contributed by atoms with Gasteiger partial charge in [0, 0.05) is 18.2 Å². The van der Waals surface area contributed by atoms with E-state index in [-0.39, 0.29) is 5.41 Å². The summed E-state index contributed by atoms with van der Waals surface area (Å²) in [6.07, 6.45) is 3.21. The Labute approximate surface area is 85.3 Å². The summed E-state index contributed by atoms with van der Waals surface area (Å²) in [5.41, 5.74) is 2.90.